The van der Waals surface area contributed by atoms with E-state index in [-0.39, 0.29) is 19.2 Å². The van der Waals surface area contributed by atoms with Gasteiger partial charge in [-0.3, -0.25) is 0 Å². The molecule has 3 unspecified atom stereocenters. The first-order valence-corrected chi connectivity index (χ1v) is 7.02. The SMILES string of the molecule is CCCCC(NC(=O)N1CC(CO)OCC1C)C(=O)O. The molecule has 0 radical (unpaired) electrons. The third-order valence-corrected chi connectivity index (χ3v) is 3.41. The molecule has 3 N–H and O–H groups in total. The molecule has 0 aromatic heterocycles. The summed E-state index contributed by atoms with van der Waals surface area (Å²) in [5, 5.41) is 20.7. The third-order valence-electron chi connectivity index (χ3n) is 3.41. The molecule has 20 heavy (non-hydrogen) atoms. The number of carbonyl (C=O) groups excluding carboxylic acids is 1. The van der Waals surface area contributed by atoms with Crippen molar-refractivity contribution >= 4 is 12.0 Å². The molecule has 0 bridgehead atoms. The number of nitrogens with zero attached hydrogens (tertiary/aromatic N) is 1. The van der Waals surface area contributed by atoms with Gasteiger partial charge in [-0.2, -0.15) is 0 Å². The second kappa shape index (κ2) is 8.06. The number of carbonyl (C=O) groups is 2. The Morgan fingerprint density at radius 3 is 2.75 bits per heavy atom. The van der Waals surface area contributed by atoms with E-state index in [1.165, 1.54) is 4.90 Å². The second-order valence-electron chi connectivity index (χ2n) is 5.12. The molecule has 7 heteroatoms. The Bertz CT molecular complexity index is 337. The highest BCUT2D eigenvalue weighted by Gasteiger charge is 2.31. The van der Waals surface area contributed by atoms with Gasteiger partial charge in [0.2, 0.25) is 0 Å². The molecule has 0 spiro atoms. The predicted molar refractivity (Wildman–Crippen MR) is 72.5 cm³/mol. The van der Waals surface area contributed by atoms with E-state index in [2.05, 4.69) is 5.32 Å². The van der Waals surface area contributed by atoms with Crippen LogP contribution in [0.3, 0.4) is 0 Å². The predicted octanol–water partition coefficient (Wildman–Crippen LogP) is 0.421. The fraction of sp³-hybridized carbons (Fsp3) is 0.846. The van der Waals surface area contributed by atoms with Crippen LogP contribution in [0.1, 0.15) is 33.1 Å². The quantitative estimate of drug-likeness (QED) is 0.658. The molecule has 1 heterocycles. The number of carboxylic acids is 1. The van der Waals surface area contributed by atoms with Crippen molar-refractivity contribution in [1.29, 1.82) is 0 Å². The molecule has 116 valence electrons. The lowest BCUT2D eigenvalue weighted by atomic mass is 10.1. The van der Waals surface area contributed by atoms with Crippen LogP contribution >= 0.6 is 0 Å². The maximum absolute atomic E-state index is 12.2. The number of nitrogens with one attached hydrogen (secondary N) is 1. The van der Waals surface area contributed by atoms with Gasteiger partial charge in [-0.05, 0) is 13.3 Å². The first-order valence-electron chi connectivity index (χ1n) is 7.02. The van der Waals surface area contributed by atoms with Gasteiger partial charge < -0.3 is 25.2 Å². The summed E-state index contributed by atoms with van der Waals surface area (Å²) < 4.78 is 5.35. The fourth-order valence-electron chi connectivity index (χ4n) is 2.11. The number of aliphatic carboxylic acids is 1. The van der Waals surface area contributed by atoms with Crippen molar-refractivity contribution in [2.75, 3.05) is 19.8 Å². The minimum atomic E-state index is -1.02. The molecule has 1 saturated heterocycles. The number of urea groups is 1. The first-order chi connectivity index (χ1) is 9.49. The Hall–Kier alpha value is -1.34. The number of morpholine rings is 1. The number of hydrogen-bond acceptors (Lipinski definition) is 4. The molecule has 1 aliphatic heterocycles. The van der Waals surface area contributed by atoms with E-state index >= 15 is 0 Å². The summed E-state index contributed by atoms with van der Waals surface area (Å²) in [5.41, 5.74) is 0. The minimum absolute atomic E-state index is 0.140. The van der Waals surface area contributed by atoms with Crippen LogP contribution in [0.15, 0.2) is 0 Å². The van der Waals surface area contributed by atoms with E-state index in [1.54, 1.807) is 0 Å². The van der Waals surface area contributed by atoms with Crippen molar-refractivity contribution in [1.82, 2.24) is 10.2 Å². The van der Waals surface area contributed by atoms with Crippen molar-refractivity contribution in [2.45, 2.75) is 51.3 Å². The number of amides is 2. The highest BCUT2D eigenvalue weighted by atomic mass is 16.5. The van der Waals surface area contributed by atoms with E-state index in [0.29, 0.717) is 13.0 Å². The van der Waals surface area contributed by atoms with Gasteiger partial charge in [-0.25, -0.2) is 9.59 Å². The van der Waals surface area contributed by atoms with Crippen LogP contribution in [0.5, 0.6) is 0 Å². The van der Waals surface area contributed by atoms with E-state index in [1.807, 2.05) is 13.8 Å². The van der Waals surface area contributed by atoms with Crippen molar-refractivity contribution < 1.29 is 24.5 Å². The summed E-state index contributed by atoms with van der Waals surface area (Å²) in [7, 11) is 0. The van der Waals surface area contributed by atoms with Crippen LogP contribution in [0.2, 0.25) is 0 Å². The van der Waals surface area contributed by atoms with Gasteiger partial charge in [0, 0.05) is 0 Å². The Morgan fingerprint density at radius 2 is 2.20 bits per heavy atom. The summed E-state index contributed by atoms with van der Waals surface area (Å²) in [6, 6.07) is -1.42. The number of ether oxygens (including phenoxy) is 1. The number of carboxylic acid groups (broad SMARTS) is 1. The number of unbranched alkanes of at least 4 members (excludes halogenated alkanes) is 1. The van der Waals surface area contributed by atoms with Gasteiger partial charge in [-0.15, -0.1) is 0 Å². The number of hydrogen-bond donors (Lipinski definition) is 3. The van der Waals surface area contributed by atoms with Gasteiger partial charge in [0.15, 0.2) is 0 Å². The molecular formula is C13H24N2O5. The summed E-state index contributed by atoms with van der Waals surface area (Å²) >= 11 is 0. The molecule has 1 rings (SSSR count). The Balaban J connectivity index is 2.59. The molecular weight excluding hydrogens is 264 g/mol. The molecule has 7 nitrogen and oxygen atoms in total. The van der Waals surface area contributed by atoms with Gasteiger partial charge in [-0.1, -0.05) is 19.8 Å². The van der Waals surface area contributed by atoms with E-state index in [0.717, 1.165) is 12.8 Å². The lowest BCUT2D eigenvalue weighted by Gasteiger charge is -2.37. The summed E-state index contributed by atoms with van der Waals surface area (Å²) in [5.74, 6) is -1.02. The molecule has 0 saturated carbocycles. The highest BCUT2D eigenvalue weighted by Crippen LogP contribution is 2.12. The maximum Gasteiger partial charge on any atom is 0.326 e. The Morgan fingerprint density at radius 1 is 1.50 bits per heavy atom. The zero-order chi connectivity index (χ0) is 15.1. The van der Waals surface area contributed by atoms with Crippen LogP contribution in [-0.2, 0) is 9.53 Å². The summed E-state index contributed by atoms with van der Waals surface area (Å²) in [6.07, 6.45) is 1.63. The zero-order valence-electron chi connectivity index (χ0n) is 12.0. The molecule has 2 amide bonds. The van der Waals surface area contributed by atoms with Crippen LogP contribution in [0.25, 0.3) is 0 Å². The molecule has 0 aliphatic carbocycles. The maximum atomic E-state index is 12.2. The molecule has 3 atom stereocenters. The topological polar surface area (TPSA) is 99.1 Å². The normalized spacial score (nSPS) is 24.2. The zero-order valence-corrected chi connectivity index (χ0v) is 12.0. The van der Waals surface area contributed by atoms with Crippen molar-refractivity contribution in [3.05, 3.63) is 0 Å². The minimum Gasteiger partial charge on any atom is -0.480 e. The average Bonchev–Trinajstić information content (AvgIpc) is 2.43. The molecule has 0 aromatic carbocycles. The monoisotopic (exact) mass is 288 g/mol. The Labute approximate surface area is 118 Å². The van der Waals surface area contributed by atoms with Gasteiger partial charge in [0.25, 0.3) is 0 Å². The Kier molecular flexibility index (Phi) is 6.74. The lowest BCUT2D eigenvalue weighted by Crippen LogP contribution is -2.57. The fourth-order valence-corrected chi connectivity index (χ4v) is 2.11. The van der Waals surface area contributed by atoms with E-state index in [4.69, 9.17) is 14.9 Å². The standard InChI is InChI=1S/C13H24N2O5/c1-3-4-5-11(12(17)18)14-13(19)15-6-10(7-16)20-8-9(15)2/h9-11,16H,3-8H2,1-2H3,(H,14,19)(H,17,18). The second-order valence-corrected chi connectivity index (χ2v) is 5.12. The summed E-state index contributed by atoms with van der Waals surface area (Å²) in [4.78, 5) is 24.8. The van der Waals surface area contributed by atoms with Gasteiger partial charge in [0.1, 0.15) is 6.04 Å². The lowest BCUT2D eigenvalue weighted by molar-refractivity contribution is -0.139. The smallest absolute Gasteiger partial charge is 0.326 e. The molecule has 1 fully saturated rings. The van der Waals surface area contributed by atoms with Crippen molar-refractivity contribution in [2.24, 2.45) is 0 Å². The highest BCUT2D eigenvalue weighted by molar-refractivity contribution is 5.82. The van der Waals surface area contributed by atoms with Crippen LogP contribution in [-0.4, -0.2) is 65.1 Å². The summed E-state index contributed by atoms with van der Waals surface area (Å²) in [6.45, 7) is 4.25. The average molecular weight is 288 g/mol. The van der Waals surface area contributed by atoms with E-state index < -0.39 is 24.1 Å². The number of aliphatic hydroxyl groups is 1. The van der Waals surface area contributed by atoms with Crippen molar-refractivity contribution in [3.8, 4) is 0 Å². The van der Waals surface area contributed by atoms with Gasteiger partial charge in [0.05, 0.1) is 31.9 Å². The first kappa shape index (κ1) is 16.7. The van der Waals surface area contributed by atoms with E-state index in [9.17, 15) is 9.59 Å². The van der Waals surface area contributed by atoms with Crippen LogP contribution in [0, 0.1) is 0 Å². The molecule has 0 aromatic rings. The van der Waals surface area contributed by atoms with Crippen LogP contribution < -0.4 is 5.32 Å². The van der Waals surface area contributed by atoms with Gasteiger partial charge >= 0.3 is 12.0 Å². The number of aliphatic hydroxyl groups excluding tert-OH is 1. The molecule has 1 aliphatic rings. The van der Waals surface area contributed by atoms with Crippen LogP contribution in [0.4, 0.5) is 4.79 Å². The number of rotatable bonds is 6. The third kappa shape index (κ3) is 4.64. The largest absolute Gasteiger partial charge is 0.480 e. The van der Waals surface area contributed by atoms with Crippen molar-refractivity contribution in [3.63, 3.8) is 0 Å².